The highest BCUT2D eigenvalue weighted by atomic mass is 16.5. The van der Waals surface area contributed by atoms with Gasteiger partial charge in [0.15, 0.2) is 0 Å². The lowest BCUT2D eigenvalue weighted by Gasteiger charge is -2.21. The number of nitrogens with zero attached hydrogens (tertiary/aromatic N) is 5. The van der Waals surface area contributed by atoms with E-state index in [2.05, 4.69) is 27.2 Å². The second-order valence-corrected chi connectivity index (χ2v) is 7.37. The fourth-order valence-corrected chi connectivity index (χ4v) is 3.21. The van der Waals surface area contributed by atoms with E-state index in [4.69, 9.17) is 10.5 Å². The number of nitrogens with two attached hydrogens (primary N) is 1. The molecular weight excluding hydrogens is 386 g/mol. The van der Waals surface area contributed by atoms with E-state index in [0.717, 1.165) is 52.2 Å². The maximum absolute atomic E-state index is 12.3. The molecule has 3 N–H and O–H groups in total. The summed E-state index contributed by atoms with van der Waals surface area (Å²) in [6, 6.07) is 0. The van der Waals surface area contributed by atoms with Crippen molar-refractivity contribution in [2.24, 2.45) is 5.73 Å². The number of aromatic nitrogens is 2. The van der Waals surface area contributed by atoms with Crippen molar-refractivity contribution in [1.29, 1.82) is 0 Å². The first kappa shape index (κ1) is 24.0. The lowest BCUT2D eigenvalue weighted by Crippen LogP contribution is -2.35. The van der Waals surface area contributed by atoms with Gasteiger partial charge in [-0.2, -0.15) is 0 Å². The minimum Gasteiger partial charge on any atom is -0.380 e. The third kappa shape index (κ3) is 8.21. The van der Waals surface area contributed by atoms with Crippen LogP contribution in [-0.4, -0.2) is 104 Å². The molecular formula is C20H35N7O3. The molecule has 0 spiro atoms. The summed E-state index contributed by atoms with van der Waals surface area (Å²) in [4.78, 5) is 38.0. The average molecular weight is 422 g/mol. The normalized spacial score (nSPS) is 15.1. The number of carbonyl (C=O) groups excluding carboxylic acids is 2. The highest BCUT2D eigenvalue weighted by Gasteiger charge is 2.16. The Morgan fingerprint density at radius 1 is 1.17 bits per heavy atom. The zero-order valence-corrected chi connectivity index (χ0v) is 18.2. The van der Waals surface area contributed by atoms with Gasteiger partial charge in [0.05, 0.1) is 25.2 Å². The van der Waals surface area contributed by atoms with E-state index in [1.807, 2.05) is 16.7 Å². The molecule has 1 aliphatic heterocycles. The summed E-state index contributed by atoms with van der Waals surface area (Å²) in [7, 11) is 2.09. The highest BCUT2D eigenvalue weighted by molar-refractivity contribution is 5.92. The largest absolute Gasteiger partial charge is 0.380 e. The van der Waals surface area contributed by atoms with Crippen molar-refractivity contribution in [3.63, 3.8) is 0 Å². The molecule has 10 heteroatoms. The number of hydrogen-bond acceptors (Lipinski definition) is 8. The maximum Gasteiger partial charge on any atom is 0.251 e. The van der Waals surface area contributed by atoms with Crippen molar-refractivity contribution in [1.82, 2.24) is 25.1 Å². The predicted octanol–water partition coefficient (Wildman–Crippen LogP) is -0.438. The summed E-state index contributed by atoms with van der Waals surface area (Å²) in [5, 5.41) is 3.32. The Hall–Kier alpha value is -2.30. The highest BCUT2D eigenvalue weighted by Crippen LogP contribution is 2.06. The van der Waals surface area contributed by atoms with Gasteiger partial charge in [-0.3, -0.25) is 9.59 Å². The molecule has 1 aliphatic rings. The van der Waals surface area contributed by atoms with Gasteiger partial charge in [-0.15, -0.1) is 0 Å². The summed E-state index contributed by atoms with van der Waals surface area (Å²) in [6.07, 6.45) is 4.35. The maximum atomic E-state index is 12.3. The lowest BCUT2D eigenvalue weighted by atomic mass is 10.3. The van der Waals surface area contributed by atoms with Crippen LogP contribution in [0, 0.1) is 0 Å². The molecule has 2 rings (SSSR count). The minimum absolute atomic E-state index is 0.180. The first-order chi connectivity index (χ1) is 14.5. The van der Waals surface area contributed by atoms with E-state index in [9.17, 15) is 9.59 Å². The fourth-order valence-electron chi connectivity index (χ4n) is 3.21. The number of rotatable bonds is 12. The Labute approximate surface area is 178 Å². The molecule has 0 aliphatic carbocycles. The first-order valence-electron chi connectivity index (χ1n) is 10.6. The summed E-state index contributed by atoms with van der Waals surface area (Å²) in [5.74, 6) is 0.213. The summed E-state index contributed by atoms with van der Waals surface area (Å²) in [5.41, 5.74) is 5.51. The first-order valence-corrected chi connectivity index (χ1v) is 10.6. The number of hydrogen-bond donors (Lipinski definition) is 2. The van der Waals surface area contributed by atoms with Gasteiger partial charge in [-0.1, -0.05) is 0 Å². The standard InChI is InChI=1S/C20H35N7O3/c1-3-26(20-23-15-17(16-24-20)19(21)29)10-6-22-7-14-30-13-5-18(28)27-9-4-8-25(2)11-12-27/h15-16,22H,3-14H2,1-2H3,(H2,21,29). The molecule has 30 heavy (non-hydrogen) atoms. The third-order valence-electron chi connectivity index (χ3n) is 5.10. The van der Waals surface area contributed by atoms with Crippen molar-refractivity contribution in [2.45, 2.75) is 19.8 Å². The SMILES string of the molecule is CCN(CCNCCOCCC(=O)N1CCCN(C)CC1)c1ncc(C(N)=O)cn1. The van der Waals surface area contributed by atoms with Crippen LogP contribution in [0.5, 0.6) is 0 Å². The molecule has 1 aromatic heterocycles. The van der Waals surface area contributed by atoms with Crippen molar-refractivity contribution < 1.29 is 14.3 Å². The van der Waals surface area contributed by atoms with Crippen LogP contribution in [0.4, 0.5) is 5.95 Å². The summed E-state index contributed by atoms with van der Waals surface area (Å²) < 4.78 is 5.60. The zero-order chi connectivity index (χ0) is 21.8. The van der Waals surface area contributed by atoms with Gasteiger partial charge in [0, 0.05) is 58.2 Å². The van der Waals surface area contributed by atoms with Crippen LogP contribution in [0.2, 0.25) is 0 Å². The van der Waals surface area contributed by atoms with Gasteiger partial charge in [0.1, 0.15) is 0 Å². The number of carbonyl (C=O) groups is 2. The third-order valence-corrected chi connectivity index (χ3v) is 5.10. The van der Waals surface area contributed by atoms with E-state index < -0.39 is 5.91 Å². The number of anilines is 1. The molecule has 0 aromatic carbocycles. The monoisotopic (exact) mass is 421 g/mol. The lowest BCUT2D eigenvalue weighted by molar-refractivity contribution is -0.132. The van der Waals surface area contributed by atoms with Gasteiger partial charge < -0.3 is 30.5 Å². The summed E-state index contributed by atoms with van der Waals surface area (Å²) in [6.45, 7) is 9.61. The molecule has 0 radical (unpaired) electrons. The van der Waals surface area contributed by atoms with Crippen LogP contribution >= 0.6 is 0 Å². The number of ether oxygens (including phenoxy) is 1. The Balaban J connectivity index is 1.54. The zero-order valence-electron chi connectivity index (χ0n) is 18.2. The van der Waals surface area contributed by atoms with Crippen molar-refractivity contribution in [2.75, 3.05) is 77.5 Å². The second kappa shape index (κ2) is 13.1. The van der Waals surface area contributed by atoms with Gasteiger partial charge in [-0.25, -0.2) is 9.97 Å². The Morgan fingerprint density at radius 3 is 2.63 bits per heavy atom. The Morgan fingerprint density at radius 2 is 1.93 bits per heavy atom. The van der Waals surface area contributed by atoms with Gasteiger partial charge >= 0.3 is 0 Å². The molecule has 1 saturated heterocycles. The molecule has 168 valence electrons. The molecule has 10 nitrogen and oxygen atoms in total. The molecule has 0 atom stereocenters. The minimum atomic E-state index is -0.535. The number of amides is 2. The number of likely N-dealkylation sites (N-methyl/N-ethyl adjacent to an activating group) is 2. The van der Waals surface area contributed by atoms with Crippen molar-refractivity contribution in [3.05, 3.63) is 18.0 Å². The molecule has 1 aromatic rings. The van der Waals surface area contributed by atoms with Crippen LogP contribution in [0.25, 0.3) is 0 Å². The van der Waals surface area contributed by atoms with Gasteiger partial charge in [0.25, 0.3) is 5.91 Å². The van der Waals surface area contributed by atoms with E-state index in [1.165, 1.54) is 12.4 Å². The number of nitrogens with one attached hydrogen (secondary N) is 1. The fraction of sp³-hybridized carbons (Fsp3) is 0.700. The molecule has 1 fully saturated rings. The van der Waals surface area contributed by atoms with E-state index in [1.54, 1.807) is 0 Å². The van der Waals surface area contributed by atoms with Crippen LogP contribution < -0.4 is 16.0 Å². The van der Waals surface area contributed by atoms with Crippen LogP contribution in [0.1, 0.15) is 30.1 Å². The smallest absolute Gasteiger partial charge is 0.251 e. The topological polar surface area (TPSA) is 117 Å². The quantitative estimate of drug-likeness (QED) is 0.437. The average Bonchev–Trinajstić information content (AvgIpc) is 2.97. The predicted molar refractivity (Wildman–Crippen MR) is 115 cm³/mol. The van der Waals surface area contributed by atoms with Crippen molar-refractivity contribution >= 4 is 17.8 Å². The van der Waals surface area contributed by atoms with Crippen molar-refractivity contribution in [3.8, 4) is 0 Å². The van der Waals surface area contributed by atoms with Gasteiger partial charge in [-0.05, 0) is 26.9 Å². The molecule has 2 heterocycles. The molecule has 0 bridgehead atoms. The second-order valence-electron chi connectivity index (χ2n) is 7.37. The summed E-state index contributed by atoms with van der Waals surface area (Å²) >= 11 is 0. The van der Waals surface area contributed by atoms with Crippen LogP contribution in [0.15, 0.2) is 12.4 Å². The van der Waals surface area contributed by atoms with Crippen LogP contribution in [0.3, 0.4) is 0 Å². The molecule has 2 amide bonds. The molecule has 0 unspecified atom stereocenters. The van der Waals surface area contributed by atoms with E-state index in [-0.39, 0.29) is 5.91 Å². The van der Waals surface area contributed by atoms with E-state index >= 15 is 0 Å². The Bertz CT molecular complexity index is 656. The van der Waals surface area contributed by atoms with Crippen LogP contribution in [-0.2, 0) is 9.53 Å². The molecule has 0 saturated carbocycles. The number of primary amides is 1. The van der Waals surface area contributed by atoms with Gasteiger partial charge in [0.2, 0.25) is 11.9 Å². The Kier molecular flexibility index (Phi) is 10.5. The van der Waals surface area contributed by atoms with E-state index in [0.29, 0.717) is 37.7 Å².